The van der Waals surface area contributed by atoms with E-state index in [9.17, 15) is 9.50 Å². The number of furan rings is 1. The molecule has 2 heterocycles. The number of hydrogen-bond donors (Lipinski definition) is 1. The van der Waals surface area contributed by atoms with Crippen molar-refractivity contribution in [3.8, 4) is 11.3 Å². The molecule has 4 nitrogen and oxygen atoms in total. The maximum absolute atomic E-state index is 13.8. The number of fused-ring (bicyclic) bond motifs is 1. The van der Waals surface area contributed by atoms with Crippen LogP contribution in [0.4, 0.5) is 4.39 Å². The number of halogens is 1. The van der Waals surface area contributed by atoms with Crippen LogP contribution in [0.1, 0.15) is 17.2 Å². The average molecular weight is 320 g/mol. The van der Waals surface area contributed by atoms with E-state index in [-0.39, 0.29) is 0 Å². The van der Waals surface area contributed by atoms with Crippen molar-refractivity contribution in [2.45, 2.75) is 6.10 Å². The molecule has 2 aromatic carbocycles. The highest BCUT2D eigenvalue weighted by molar-refractivity contribution is 5.83. The van der Waals surface area contributed by atoms with Crippen molar-refractivity contribution in [1.82, 2.24) is 9.97 Å². The van der Waals surface area contributed by atoms with Gasteiger partial charge in [-0.15, -0.1) is 0 Å². The molecule has 5 heteroatoms. The first-order valence-corrected chi connectivity index (χ1v) is 7.44. The molecule has 0 saturated carbocycles. The van der Waals surface area contributed by atoms with Crippen LogP contribution in [-0.4, -0.2) is 15.1 Å². The Morgan fingerprint density at radius 2 is 1.79 bits per heavy atom. The summed E-state index contributed by atoms with van der Waals surface area (Å²) in [5.74, 6) is 0.104. The van der Waals surface area contributed by atoms with Crippen molar-refractivity contribution in [3.63, 3.8) is 0 Å². The average Bonchev–Trinajstić information content (AvgIpc) is 3.06. The fraction of sp³-hybridized carbons (Fsp3) is 0.0526. The predicted molar refractivity (Wildman–Crippen MR) is 87.7 cm³/mol. The van der Waals surface area contributed by atoms with E-state index in [0.29, 0.717) is 28.0 Å². The van der Waals surface area contributed by atoms with Crippen LogP contribution in [0, 0.1) is 5.82 Å². The number of aliphatic hydroxyl groups excluding tert-OH is 1. The van der Waals surface area contributed by atoms with E-state index in [1.165, 1.54) is 30.9 Å². The van der Waals surface area contributed by atoms with E-state index in [4.69, 9.17) is 4.42 Å². The molecule has 1 atom stereocenters. The van der Waals surface area contributed by atoms with Gasteiger partial charge in [0.15, 0.2) is 0 Å². The van der Waals surface area contributed by atoms with Gasteiger partial charge in [-0.2, -0.15) is 0 Å². The van der Waals surface area contributed by atoms with E-state index in [2.05, 4.69) is 9.97 Å². The number of nitrogens with zero attached hydrogens (tertiary/aromatic N) is 2. The van der Waals surface area contributed by atoms with Crippen molar-refractivity contribution >= 4 is 11.0 Å². The monoisotopic (exact) mass is 320 g/mol. The Hall–Kier alpha value is -3.05. The highest BCUT2D eigenvalue weighted by atomic mass is 19.1. The summed E-state index contributed by atoms with van der Waals surface area (Å²) in [7, 11) is 0. The van der Waals surface area contributed by atoms with Gasteiger partial charge in [0.2, 0.25) is 0 Å². The van der Waals surface area contributed by atoms with Crippen LogP contribution in [-0.2, 0) is 0 Å². The van der Waals surface area contributed by atoms with E-state index in [0.717, 1.165) is 5.39 Å². The summed E-state index contributed by atoms with van der Waals surface area (Å²) in [6.07, 6.45) is 3.48. The maximum Gasteiger partial charge on any atom is 0.135 e. The molecule has 0 saturated heterocycles. The van der Waals surface area contributed by atoms with Gasteiger partial charge in [0.05, 0.1) is 0 Å². The van der Waals surface area contributed by atoms with Gasteiger partial charge in [-0.25, -0.2) is 14.4 Å². The van der Waals surface area contributed by atoms with Crippen LogP contribution >= 0.6 is 0 Å². The number of benzene rings is 2. The van der Waals surface area contributed by atoms with Crippen LogP contribution in [0.2, 0.25) is 0 Å². The SMILES string of the molecule is OC(c1cncnc1)c1ccc(F)cc1-c1cc2ccccc2o1. The molecule has 1 unspecified atom stereocenters. The van der Waals surface area contributed by atoms with Gasteiger partial charge in [0.1, 0.15) is 29.6 Å². The minimum Gasteiger partial charge on any atom is -0.456 e. The molecule has 0 spiro atoms. The van der Waals surface area contributed by atoms with E-state index in [1.807, 2.05) is 30.3 Å². The summed E-state index contributed by atoms with van der Waals surface area (Å²) in [6.45, 7) is 0. The van der Waals surface area contributed by atoms with Crippen LogP contribution < -0.4 is 0 Å². The molecule has 0 fully saturated rings. The highest BCUT2D eigenvalue weighted by Gasteiger charge is 2.19. The lowest BCUT2D eigenvalue weighted by atomic mass is 9.97. The summed E-state index contributed by atoms with van der Waals surface area (Å²) in [5, 5.41) is 11.6. The Balaban J connectivity index is 1.87. The third kappa shape index (κ3) is 2.55. The minimum absolute atomic E-state index is 0.397. The van der Waals surface area contributed by atoms with Crippen molar-refractivity contribution in [3.05, 3.63) is 84.2 Å². The lowest BCUT2D eigenvalue weighted by Gasteiger charge is -2.14. The maximum atomic E-state index is 13.8. The molecule has 2 aromatic heterocycles. The molecule has 0 radical (unpaired) electrons. The molecule has 0 bridgehead atoms. The Kier molecular flexibility index (Phi) is 3.55. The molecule has 118 valence electrons. The Labute approximate surface area is 137 Å². The predicted octanol–water partition coefficient (Wildman–Crippen LogP) is 4.11. The van der Waals surface area contributed by atoms with E-state index < -0.39 is 11.9 Å². The normalized spacial score (nSPS) is 12.4. The van der Waals surface area contributed by atoms with Gasteiger partial charge in [0.25, 0.3) is 0 Å². The zero-order valence-electron chi connectivity index (χ0n) is 12.6. The number of hydrogen-bond acceptors (Lipinski definition) is 4. The first-order chi connectivity index (χ1) is 11.7. The summed E-state index contributed by atoms with van der Waals surface area (Å²) < 4.78 is 19.6. The Morgan fingerprint density at radius 3 is 2.58 bits per heavy atom. The molecule has 24 heavy (non-hydrogen) atoms. The molecule has 0 aliphatic heterocycles. The molecular weight excluding hydrogens is 307 g/mol. The van der Waals surface area contributed by atoms with Crippen molar-refractivity contribution in [2.24, 2.45) is 0 Å². The van der Waals surface area contributed by atoms with Crippen LogP contribution in [0.5, 0.6) is 0 Å². The zero-order chi connectivity index (χ0) is 16.5. The molecule has 0 aliphatic carbocycles. The van der Waals surface area contributed by atoms with Gasteiger partial charge >= 0.3 is 0 Å². The second kappa shape index (κ2) is 5.86. The second-order valence-corrected chi connectivity index (χ2v) is 5.45. The van der Waals surface area contributed by atoms with Gasteiger partial charge in [-0.05, 0) is 29.8 Å². The Morgan fingerprint density at radius 1 is 1.00 bits per heavy atom. The van der Waals surface area contributed by atoms with Crippen molar-refractivity contribution in [1.29, 1.82) is 0 Å². The molecular formula is C19H13FN2O2. The first-order valence-electron chi connectivity index (χ1n) is 7.44. The van der Waals surface area contributed by atoms with Crippen LogP contribution in [0.3, 0.4) is 0 Å². The second-order valence-electron chi connectivity index (χ2n) is 5.45. The zero-order valence-corrected chi connectivity index (χ0v) is 12.6. The Bertz CT molecular complexity index is 966. The molecule has 0 aliphatic rings. The molecule has 0 amide bonds. The quantitative estimate of drug-likeness (QED) is 0.617. The lowest BCUT2D eigenvalue weighted by molar-refractivity contribution is 0.219. The number of aliphatic hydroxyl groups is 1. The van der Waals surface area contributed by atoms with Crippen LogP contribution in [0.25, 0.3) is 22.3 Å². The summed E-state index contributed by atoms with van der Waals surface area (Å²) in [6, 6.07) is 13.6. The minimum atomic E-state index is -0.977. The van der Waals surface area contributed by atoms with E-state index >= 15 is 0 Å². The third-order valence-electron chi connectivity index (χ3n) is 3.90. The summed E-state index contributed by atoms with van der Waals surface area (Å²) in [4.78, 5) is 7.83. The van der Waals surface area contributed by atoms with Crippen molar-refractivity contribution < 1.29 is 13.9 Å². The van der Waals surface area contributed by atoms with Crippen molar-refractivity contribution in [2.75, 3.05) is 0 Å². The molecule has 1 N–H and O–H groups in total. The van der Waals surface area contributed by atoms with Gasteiger partial charge in [-0.1, -0.05) is 24.3 Å². The van der Waals surface area contributed by atoms with Gasteiger partial charge in [-0.3, -0.25) is 0 Å². The molecule has 4 rings (SSSR count). The van der Waals surface area contributed by atoms with E-state index in [1.54, 1.807) is 6.07 Å². The third-order valence-corrected chi connectivity index (χ3v) is 3.90. The van der Waals surface area contributed by atoms with Gasteiger partial charge < -0.3 is 9.52 Å². The number of para-hydroxylation sites is 1. The smallest absolute Gasteiger partial charge is 0.135 e. The highest BCUT2D eigenvalue weighted by Crippen LogP contribution is 2.35. The first kappa shape index (κ1) is 14.5. The lowest BCUT2D eigenvalue weighted by Crippen LogP contribution is -2.03. The number of rotatable bonds is 3. The largest absolute Gasteiger partial charge is 0.456 e. The summed E-state index contributed by atoms with van der Waals surface area (Å²) in [5.41, 5.74) is 2.27. The molecule has 4 aromatic rings. The fourth-order valence-electron chi connectivity index (χ4n) is 2.73. The topological polar surface area (TPSA) is 59.2 Å². The standard InChI is InChI=1S/C19H13FN2O2/c20-14-5-6-15(19(23)13-9-21-11-22-10-13)16(8-14)18-7-12-3-1-2-4-17(12)24-18/h1-11,19,23H. The van der Waals surface area contributed by atoms with Gasteiger partial charge in [0, 0.05) is 28.9 Å². The fourth-order valence-corrected chi connectivity index (χ4v) is 2.73. The number of aromatic nitrogens is 2. The van der Waals surface area contributed by atoms with Crippen LogP contribution in [0.15, 0.2) is 71.7 Å². The summed E-state index contributed by atoms with van der Waals surface area (Å²) >= 11 is 0.